The van der Waals surface area contributed by atoms with Gasteiger partial charge in [0.2, 0.25) is 0 Å². The number of nitrogens with zero attached hydrogens (tertiary/aromatic N) is 2. The van der Waals surface area contributed by atoms with Crippen LogP contribution in [0, 0.1) is 5.41 Å². The minimum atomic E-state index is 0.534. The molecule has 0 bridgehead atoms. The minimum absolute atomic E-state index is 0.534. The van der Waals surface area contributed by atoms with Crippen LogP contribution in [0.1, 0.15) is 37.4 Å². The fourth-order valence-electron chi connectivity index (χ4n) is 3.04. The zero-order valence-corrected chi connectivity index (χ0v) is 8.66. The predicted octanol–water partition coefficient (Wildman–Crippen LogP) is 1.62. The zero-order chi connectivity index (χ0) is 9.60. The second-order valence-electron chi connectivity index (χ2n) is 4.80. The summed E-state index contributed by atoms with van der Waals surface area (Å²) in [7, 11) is 1.99. The Kier molecular flexibility index (Phi) is 1.71. The quantitative estimate of drug-likeness (QED) is 0.731. The van der Waals surface area contributed by atoms with Crippen LogP contribution in [0.4, 0.5) is 0 Å². The lowest BCUT2D eigenvalue weighted by Gasteiger charge is -2.47. The molecular formula is C11H17N3. The molecule has 0 aromatic carbocycles. The van der Waals surface area contributed by atoms with E-state index in [1.807, 2.05) is 17.9 Å². The zero-order valence-electron chi connectivity index (χ0n) is 8.66. The van der Waals surface area contributed by atoms with Gasteiger partial charge in [0.25, 0.3) is 0 Å². The Labute approximate surface area is 84.5 Å². The van der Waals surface area contributed by atoms with E-state index in [2.05, 4.69) is 16.5 Å². The molecule has 14 heavy (non-hydrogen) atoms. The molecule has 3 heteroatoms. The fourth-order valence-corrected chi connectivity index (χ4v) is 3.04. The molecule has 1 saturated carbocycles. The molecule has 1 N–H and O–H groups in total. The van der Waals surface area contributed by atoms with E-state index < -0.39 is 0 Å². The van der Waals surface area contributed by atoms with Gasteiger partial charge in [-0.05, 0) is 18.9 Å². The first kappa shape index (κ1) is 8.48. The Bertz CT molecular complexity index is 336. The molecule has 1 unspecified atom stereocenters. The maximum Gasteiger partial charge on any atom is 0.0800 e. The van der Waals surface area contributed by atoms with E-state index in [0.29, 0.717) is 11.5 Å². The largest absolute Gasteiger partial charge is 0.307 e. The first-order valence-corrected chi connectivity index (χ1v) is 5.53. The summed E-state index contributed by atoms with van der Waals surface area (Å²) in [5, 5.41) is 8.04. The first-order chi connectivity index (χ1) is 6.80. The molecule has 1 spiro atoms. The Morgan fingerprint density at radius 2 is 2.29 bits per heavy atom. The van der Waals surface area contributed by atoms with Crippen molar-refractivity contribution in [3.8, 4) is 0 Å². The lowest BCUT2D eigenvalue weighted by atomic mass is 9.71. The molecule has 3 nitrogen and oxygen atoms in total. The van der Waals surface area contributed by atoms with Crippen molar-refractivity contribution in [1.82, 2.24) is 15.1 Å². The Morgan fingerprint density at radius 3 is 2.79 bits per heavy atom. The third kappa shape index (κ3) is 1.05. The van der Waals surface area contributed by atoms with Gasteiger partial charge < -0.3 is 5.32 Å². The average Bonchev–Trinajstić information content (AvgIpc) is 2.73. The number of nitrogens with one attached hydrogen (secondary N) is 1. The van der Waals surface area contributed by atoms with E-state index in [1.165, 1.54) is 37.9 Å². The topological polar surface area (TPSA) is 29.9 Å². The van der Waals surface area contributed by atoms with Gasteiger partial charge in [-0.15, -0.1) is 0 Å². The van der Waals surface area contributed by atoms with Crippen molar-refractivity contribution in [1.29, 1.82) is 0 Å². The summed E-state index contributed by atoms with van der Waals surface area (Å²) in [6.07, 6.45) is 7.64. The second-order valence-corrected chi connectivity index (χ2v) is 4.80. The van der Waals surface area contributed by atoms with Gasteiger partial charge in [-0.25, -0.2) is 0 Å². The summed E-state index contributed by atoms with van der Waals surface area (Å²) in [4.78, 5) is 0. The SMILES string of the molecule is Cn1ccc(C2NCC23CCCC3)n1. The molecule has 1 aliphatic heterocycles. The lowest BCUT2D eigenvalue weighted by molar-refractivity contribution is 0.0858. The highest BCUT2D eigenvalue weighted by molar-refractivity contribution is 5.17. The highest BCUT2D eigenvalue weighted by Gasteiger charge is 2.49. The smallest absolute Gasteiger partial charge is 0.0800 e. The molecule has 1 aromatic rings. The molecule has 2 aliphatic rings. The lowest BCUT2D eigenvalue weighted by Crippen LogP contribution is -2.54. The van der Waals surface area contributed by atoms with Crippen LogP contribution < -0.4 is 5.32 Å². The standard InChI is InChI=1S/C11H17N3/c1-14-7-4-9(13-14)10-11(8-12-10)5-2-3-6-11/h4,7,10,12H,2-3,5-6,8H2,1H3. The van der Waals surface area contributed by atoms with Gasteiger partial charge in [-0.2, -0.15) is 5.10 Å². The highest BCUT2D eigenvalue weighted by atomic mass is 15.3. The Hall–Kier alpha value is -0.830. The molecule has 0 amide bonds. The third-order valence-electron chi connectivity index (χ3n) is 3.90. The molecule has 1 aliphatic carbocycles. The van der Waals surface area contributed by atoms with Gasteiger partial charge in [0, 0.05) is 25.2 Å². The van der Waals surface area contributed by atoms with Crippen molar-refractivity contribution in [2.45, 2.75) is 31.7 Å². The van der Waals surface area contributed by atoms with Crippen LogP contribution in [0.5, 0.6) is 0 Å². The van der Waals surface area contributed by atoms with E-state index in [1.54, 1.807) is 0 Å². The molecule has 3 rings (SSSR count). The summed E-state index contributed by atoms with van der Waals surface area (Å²) < 4.78 is 1.90. The van der Waals surface area contributed by atoms with Crippen molar-refractivity contribution >= 4 is 0 Å². The number of rotatable bonds is 1. The van der Waals surface area contributed by atoms with Crippen LogP contribution in [0.15, 0.2) is 12.3 Å². The van der Waals surface area contributed by atoms with Crippen LogP contribution in [0.3, 0.4) is 0 Å². The Morgan fingerprint density at radius 1 is 1.50 bits per heavy atom. The molecular weight excluding hydrogens is 174 g/mol. The minimum Gasteiger partial charge on any atom is -0.307 e. The van der Waals surface area contributed by atoms with Gasteiger partial charge >= 0.3 is 0 Å². The molecule has 1 atom stereocenters. The molecule has 2 heterocycles. The summed E-state index contributed by atoms with van der Waals surface area (Å²) in [5.41, 5.74) is 1.80. The number of aryl methyl sites for hydroxylation is 1. The van der Waals surface area contributed by atoms with Crippen LogP contribution >= 0.6 is 0 Å². The molecule has 2 fully saturated rings. The maximum absolute atomic E-state index is 4.51. The molecule has 76 valence electrons. The van der Waals surface area contributed by atoms with Gasteiger partial charge in [-0.3, -0.25) is 4.68 Å². The van der Waals surface area contributed by atoms with E-state index >= 15 is 0 Å². The number of aromatic nitrogens is 2. The summed E-state index contributed by atoms with van der Waals surface area (Å²) in [5.74, 6) is 0. The van der Waals surface area contributed by atoms with Crippen LogP contribution in [0.2, 0.25) is 0 Å². The maximum atomic E-state index is 4.51. The molecule has 1 aromatic heterocycles. The summed E-state index contributed by atoms with van der Waals surface area (Å²) >= 11 is 0. The van der Waals surface area contributed by atoms with Crippen molar-refractivity contribution in [2.24, 2.45) is 12.5 Å². The first-order valence-electron chi connectivity index (χ1n) is 5.53. The van der Waals surface area contributed by atoms with Gasteiger partial charge in [0.15, 0.2) is 0 Å². The van der Waals surface area contributed by atoms with Crippen molar-refractivity contribution < 1.29 is 0 Å². The fraction of sp³-hybridized carbons (Fsp3) is 0.727. The second kappa shape index (κ2) is 2.83. The van der Waals surface area contributed by atoms with Gasteiger partial charge in [0.1, 0.15) is 0 Å². The van der Waals surface area contributed by atoms with E-state index in [4.69, 9.17) is 0 Å². The van der Waals surface area contributed by atoms with Crippen molar-refractivity contribution in [3.63, 3.8) is 0 Å². The van der Waals surface area contributed by atoms with Gasteiger partial charge in [0.05, 0.1) is 11.7 Å². The summed E-state index contributed by atoms with van der Waals surface area (Å²) in [6.45, 7) is 1.20. The van der Waals surface area contributed by atoms with E-state index in [9.17, 15) is 0 Å². The average molecular weight is 191 g/mol. The number of hydrogen-bond donors (Lipinski definition) is 1. The Balaban J connectivity index is 1.86. The third-order valence-corrected chi connectivity index (χ3v) is 3.90. The molecule has 1 saturated heterocycles. The van der Waals surface area contributed by atoms with Crippen LogP contribution in [-0.4, -0.2) is 16.3 Å². The highest BCUT2D eigenvalue weighted by Crippen LogP contribution is 2.52. The summed E-state index contributed by atoms with van der Waals surface area (Å²) in [6, 6.07) is 2.68. The predicted molar refractivity (Wildman–Crippen MR) is 54.9 cm³/mol. The van der Waals surface area contributed by atoms with E-state index in [-0.39, 0.29) is 0 Å². The van der Waals surface area contributed by atoms with Gasteiger partial charge in [-0.1, -0.05) is 12.8 Å². The molecule has 0 radical (unpaired) electrons. The van der Waals surface area contributed by atoms with Crippen LogP contribution in [-0.2, 0) is 7.05 Å². The van der Waals surface area contributed by atoms with Crippen molar-refractivity contribution in [3.05, 3.63) is 18.0 Å². The van der Waals surface area contributed by atoms with Crippen LogP contribution in [0.25, 0.3) is 0 Å². The monoisotopic (exact) mass is 191 g/mol. The van der Waals surface area contributed by atoms with E-state index in [0.717, 1.165) is 0 Å². The number of hydrogen-bond acceptors (Lipinski definition) is 2. The van der Waals surface area contributed by atoms with Crippen molar-refractivity contribution in [2.75, 3.05) is 6.54 Å². The normalized spacial score (nSPS) is 29.4.